The average molecular weight is 693 g/mol. The second kappa shape index (κ2) is 14.4. The second-order valence-corrected chi connectivity index (χ2v) is 12.3. The van der Waals surface area contributed by atoms with Gasteiger partial charge < -0.3 is 29.4 Å². The highest BCUT2D eigenvalue weighted by molar-refractivity contribution is 6.30. The molecule has 1 unspecified atom stereocenters. The van der Waals surface area contributed by atoms with Crippen LogP contribution in [0.2, 0.25) is 10.0 Å². The van der Waals surface area contributed by atoms with E-state index in [1.165, 1.54) is 22.4 Å². The van der Waals surface area contributed by atoms with Crippen molar-refractivity contribution in [1.29, 1.82) is 0 Å². The summed E-state index contributed by atoms with van der Waals surface area (Å²) >= 11 is 12.8. The van der Waals surface area contributed by atoms with Gasteiger partial charge in [-0.05, 0) is 47.4 Å². The molecule has 0 fully saturated rings. The Kier molecular flexibility index (Phi) is 10.3. The fourth-order valence-electron chi connectivity index (χ4n) is 5.35. The molecule has 1 atom stereocenters. The predicted molar refractivity (Wildman–Crippen MR) is 186 cm³/mol. The van der Waals surface area contributed by atoms with Gasteiger partial charge in [-0.25, -0.2) is 14.5 Å². The van der Waals surface area contributed by atoms with E-state index in [9.17, 15) is 14.7 Å². The van der Waals surface area contributed by atoms with Crippen LogP contribution in [0.5, 0.6) is 11.6 Å². The number of ether oxygens (including phenoxy) is 2. The molecule has 0 aliphatic rings. The molecule has 5 rings (SSSR count). The topological polar surface area (TPSA) is 137 Å². The summed E-state index contributed by atoms with van der Waals surface area (Å²) in [5, 5.41) is 19.1. The predicted octanol–water partition coefficient (Wildman–Crippen LogP) is 6.29. The van der Waals surface area contributed by atoms with E-state index in [0.29, 0.717) is 44.9 Å². The van der Waals surface area contributed by atoms with Crippen molar-refractivity contribution < 1.29 is 19.4 Å². The number of nitrogens with one attached hydrogen (secondary N) is 1. The van der Waals surface area contributed by atoms with Gasteiger partial charge in [0.25, 0.3) is 5.56 Å². The SMILES string of the molecule is COc1ccc(Cn2cc(NC(c3ccc(Cl)cc3)c3c(C(=O)O)nn(-c4cnc(N(C)C)nc4OC)c3C(C)C)cc(Cl)c2=O)cc1. The van der Waals surface area contributed by atoms with E-state index >= 15 is 0 Å². The van der Waals surface area contributed by atoms with Crippen LogP contribution in [-0.2, 0) is 6.54 Å². The molecule has 3 heterocycles. The van der Waals surface area contributed by atoms with Crippen molar-refractivity contribution >= 4 is 40.8 Å². The third-order valence-electron chi connectivity index (χ3n) is 7.61. The summed E-state index contributed by atoms with van der Waals surface area (Å²) < 4.78 is 13.9. The van der Waals surface area contributed by atoms with Gasteiger partial charge in [0.05, 0.1) is 44.4 Å². The minimum Gasteiger partial charge on any atom is -0.497 e. The lowest BCUT2D eigenvalue weighted by atomic mass is 9.92. The number of hydrogen-bond acceptors (Lipinski definition) is 9. The van der Waals surface area contributed by atoms with Gasteiger partial charge in [0.2, 0.25) is 11.8 Å². The van der Waals surface area contributed by atoms with E-state index in [2.05, 4.69) is 20.4 Å². The Bertz CT molecular complexity index is 1990. The highest BCUT2D eigenvalue weighted by atomic mass is 35.5. The number of aromatic carboxylic acids is 1. The summed E-state index contributed by atoms with van der Waals surface area (Å²) in [6, 6.07) is 15.1. The number of nitrogens with zero attached hydrogens (tertiary/aromatic N) is 6. The zero-order valence-electron chi connectivity index (χ0n) is 27.2. The molecule has 0 aliphatic heterocycles. The number of anilines is 2. The van der Waals surface area contributed by atoms with Gasteiger partial charge in [-0.2, -0.15) is 10.1 Å². The number of carboxylic acid groups (broad SMARTS) is 1. The van der Waals surface area contributed by atoms with Crippen molar-refractivity contribution in [3.63, 3.8) is 0 Å². The molecule has 0 saturated heterocycles. The molecule has 0 spiro atoms. The molecule has 250 valence electrons. The molecule has 2 aromatic carbocycles. The van der Waals surface area contributed by atoms with Crippen LogP contribution < -0.4 is 25.2 Å². The maximum absolute atomic E-state index is 13.1. The van der Waals surface area contributed by atoms with Gasteiger partial charge in [0.15, 0.2) is 5.69 Å². The van der Waals surface area contributed by atoms with Gasteiger partial charge in [0.1, 0.15) is 16.5 Å². The molecule has 5 aromatic rings. The van der Waals surface area contributed by atoms with Gasteiger partial charge >= 0.3 is 5.97 Å². The number of pyridine rings is 1. The minimum atomic E-state index is -1.24. The summed E-state index contributed by atoms with van der Waals surface area (Å²) in [6.07, 6.45) is 3.20. The van der Waals surface area contributed by atoms with Crippen LogP contribution in [-0.4, -0.2) is 63.7 Å². The van der Waals surface area contributed by atoms with E-state index in [4.69, 9.17) is 32.7 Å². The zero-order valence-corrected chi connectivity index (χ0v) is 28.7. The number of benzene rings is 2. The number of aromatic nitrogens is 5. The Morgan fingerprint density at radius 3 is 2.31 bits per heavy atom. The maximum Gasteiger partial charge on any atom is 0.356 e. The summed E-state index contributed by atoms with van der Waals surface area (Å²) in [7, 11) is 6.67. The fraction of sp³-hybridized carbons (Fsp3) is 0.265. The highest BCUT2D eigenvalue weighted by Gasteiger charge is 2.33. The molecular weight excluding hydrogens is 657 g/mol. The van der Waals surface area contributed by atoms with Crippen molar-refractivity contribution in [1.82, 2.24) is 24.3 Å². The third kappa shape index (κ3) is 7.09. The molecule has 0 amide bonds. The Morgan fingerprint density at radius 2 is 1.73 bits per heavy atom. The first-order chi connectivity index (χ1) is 22.9. The Labute approximate surface area is 287 Å². The van der Waals surface area contributed by atoms with Gasteiger partial charge in [-0.1, -0.05) is 61.3 Å². The largest absolute Gasteiger partial charge is 0.497 e. The number of halogens is 2. The second-order valence-electron chi connectivity index (χ2n) is 11.5. The van der Waals surface area contributed by atoms with E-state index in [0.717, 1.165) is 5.56 Å². The van der Waals surface area contributed by atoms with E-state index in [-0.39, 0.29) is 34.6 Å². The summed E-state index contributed by atoms with van der Waals surface area (Å²) in [6.45, 7) is 4.12. The van der Waals surface area contributed by atoms with Crippen molar-refractivity contribution in [3.05, 3.63) is 115 Å². The maximum atomic E-state index is 13.1. The fourth-order valence-corrected chi connectivity index (χ4v) is 5.71. The van der Waals surface area contributed by atoms with E-state index < -0.39 is 12.0 Å². The van der Waals surface area contributed by atoms with Gasteiger partial charge in [-0.15, -0.1) is 0 Å². The molecule has 2 N–H and O–H groups in total. The average Bonchev–Trinajstić information content (AvgIpc) is 3.47. The normalized spacial score (nSPS) is 11.8. The van der Waals surface area contributed by atoms with Crippen LogP contribution >= 0.6 is 23.2 Å². The van der Waals surface area contributed by atoms with Crippen LogP contribution in [0.3, 0.4) is 0 Å². The van der Waals surface area contributed by atoms with E-state index in [1.807, 2.05) is 38.1 Å². The molecule has 0 aliphatic carbocycles. The van der Waals surface area contributed by atoms with Crippen molar-refractivity contribution in [2.75, 3.05) is 38.5 Å². The number of rotatable bonds is 12. The van der Waals surface area contributed by atoms with Crippen molar-refractivity contribution in [2.45, 2.75) is 32.4 Å². The summed E-state index contributed by atoms with van der Waals surface area (Å²) in [4.78, 5) is 36.7. The van der Waals surface area contributed by atoms with Gasteiger partial charge in [-0.3, -0.25) is 4.79 Å². The summed E-state index contributed by atoms with van der Waals surface area (Å²) in [5.41, 5.74) is 2.79. The number of carbonyl (C=O) groups is 1. The first kappa shape index (κ1) is 34.3. The molecule has 14 heteroatoms. The Morgan fingerprint density at radius 1 is 1.04 bits per heavy atom. The lowest BCUT2D eigenvalue weighted by Gasteiger charge is -2.24. The molecule has 12 nitrogen and oxygen atoms in total. The lowest BCUT2D eigenvalue weighted by molar-refractivity contribution is 0.0688. The van der Waals surface area contributed by atoms with Crippen LogP contribution in [0, 0.1) is 0 Å². The first-order valence-corrected chi connectivity index (χ1v) is 15.7. The van der Waals surface area contributed by atoms with Crippen molar-refractivity contribution in [2.24, 2.45) is 0 Å². The van der Waals surface area contributed by atoms with Crippen molar-refractivity contribution in [3.8, 4) is 17.3 Å². The molecule has 48 heavy (non-hydrogen) atoms. The minimum absolute atomic E-state index is 0.00975. The van der Waals surface area contributed by atoms with Gasteiger partial charge in [0, 0.05) is 30.9 Å². The van der Waals surface area contributed by atoms with Crippen LogP contribution in [0.4, 0.5) is 11.6 Å². The van der Waals surface area contributed by atoms with Crippen LogP contribution in [0.1, 0.15) is 58.7 Å². The number of carboxylic acids is 1. The molecule has 3 aromatic heterocycles. The highest BCUT2D eigenvalue weighted by Crippen LogP contribution is 2.38. The molecule has 0 saturated carbocycles. The molecule has 0 bridgehead atoms. The standard InChI is InChI=1S/C34H35Cl2N7O5/c1-19(2)30-27(29(33(45)46)40-43(30)26-16-37-34(41(3)4)39-31(26)48-6)28(21-9-11-22(35)12-10-21)38-23-15-25(36)32(44)42(18-23)17-20-7-13-24(47-5)14-8-20/h7-16,18-19,28,38H,17H2,1-6H3,(H,45,46). The number of hydrogen-bond donors (Lipinski definition) is 2. The Hall–Kier alpha value is -5.07. The zero-order chi connectivity index (χ0) is 34.7. The molecule has 0 radical (unpaired) electrons. The number of methoxy groups -OCH3 is 2. The first-order valence-electron chi connectivity index (χ1n) is 14.9. The Balaban J connectivity index is 1.70. The monoisotopic (exact) mass is 691 g/mol. The quantitative estimate of drug-likeness (QED) is 0.154. The lowest BCUT2D eigenvalue weighted by Crippen LogP contribution is -2.23. The third-order valence-corrected chi connectivity index (χ3v) is 8.13. The van der Waals surface area contributed by atoms with E-state index in [1.54, 1.807) is 62.8 Å². The summed E-state index contributed by atoms with van der Waals surface area (Å²) in [5.74, 6) is -0.148. The van der Waals surface area contributed by atoms with Crippen LogP contribution in [0.25, 0.3) is 5.69 Å². The van der Waals surface area contributed by atoms with Crippen LogP contribution in [0.15, 0.2) is 71.8 Å². The smallest absolute Gasteiger partial charge is 0.356 e. The molecular formula is C34H35Cl2N7O5.